The molecule has 0 radical (unpaired) electrons. The maximum absolute atomic E-state index is 12.4. The molecular weight excluding hydrogens is 266 g/mol. The highest BCUT2D eigenvalue weighted by molar-refractivity contribution is 7.89. The fraction of sp³-hybridized carbons (Fsp3) is 0.500. The number of nitrogens with zero attached hydrogens (tertiary/aromatic N) is 3. The molecule has 2 rings (SSSR count). The maximum Gasteiger partial charge on any atom is 0.244 e. The molecule has 1 aliphatic heterocycles. The van der Waals surface area contributed by atoms with Gasteiger partial charge in [0.2, 0.25) is 10.0 Å². The number of nitriles is 1. The first-order valence-corrected chi connectivity index (χ1v) is 7.42. The molecule has 1 unspecified atom stereocenters. The van der Waals surface area contributed by atoms with Crippen LogP contribution in [0.25, 0.3) is 0 Å². The Morgan fingerprint density at radius 2 is 2.32 bits per heavy atom. The Kier molecular flexibility index (Phi) is 4.14. The summed E-state index contributed by atoms with van der Waals surface area (Å²) < 4.78 is 31.6. The Morgan fingerprint density at radius 1 is 1.53 bits per heavy atom. The molecule has 1 aliphatic rings. The van der Waals surface area contributed by atoms with Gasteiger partial charge in [-0.1, -0.05) is 6.92 Å². The molecule has 2 heterocycles. The van der Waals surface area contributed by atoms with Crippen molar-refractivity contribution in [3.8, 4) is 6.07 Å². The SMILES string of the molecule is CC1COCCN(S(=O)(=O)c2ccc(C#N)nc2)C1. The molecule has 1 aromatic heterocycles. The van der Waals surface area contributed by atoms with Crippen LogP contribution in [0.4, 0.5) is 0 Å². The molecule has 6 nitrogen and oxygen atoms in total. The van der Waals surface area contributed by atoms with Gasteiger partial charge in [0.1, 0.15) is 16.7 Å². The van der Waals surface area contributed by atoms with E-state index in [2.05, 4.69) is 4.98 Å². The molecule has 1 saturated heterocycles. The summed E-state index contributed by atoms with van der Waals surface area (Å²) in [5.74, 6) is 0.156. The summed E-state index contributed by atoms with van der Waals surface area (Å²) in [6.07, 6.45) is 1.23. The summed E-state index contributed by atoms with van der Waals surface area (Å²) >= 11 is 0. The third kappa shape index (κ3) is 3.10. The van der Waals surface area contributed by atoms with Crippen LogP contribution >= 0.6 is 0 Å². The number of ether oxygens (including phenoxy) is 1. The van der Waals surface area contributed by atoms with Crippen LogP contribution in [0.3, 0.4) is 0 Å². The lowest BCUT2D eigenvalue weighted by Crippen LogP contribution is -2.35. The summed E-state index contributed by atoms with van der Waals surface area (Å²) in [5, 5.41) is 8.66. The molecule has 1 fully saturated rings. The van der Waals surface area contributed by atoms with Crippen LogP contribution in [-0.4, -0.2) is 44.0 Å². The summed E-state index contributed by atoms with van der Waals surface area (Å²) in [6.45, 7) is 3.69. The molecule has 0 spiro atoms. The number of rotatable bonds is 2. The second-order valence-electron chi connectivity index (χ2n) is 4.53. The van der Waals surface area contributed by atoms with E-state index in [0.717, 1.165) is 0 Å². The van der Waals surface area contributed by atoms with Crippen molar-refractivity contribution in [3.63, 3.8) is 0 Å². The normalized spacial score (nSPS) is 21.6. The quantitative estimate of drug-likeness (QED) is 0.793. The van der Waals surface area contributed by atoms with Crippen molar-refractivity contribution in [3.05, 3.63) is 24.0 Å². The molecular formula is C12H15N3O3S. The van der Waals surface area contributed by atoms with Crippen molar-refractivity contribution in [2.24, 2.45) is 5.92 Å². The number of aromatic nitrogens is 1. The van der Waals surface area contributed by atoms with E-state index < -0.39 is 10.0 Å². The Balaban J connectivity index is 2.27. The zero-order valence-electron chi connectivity index (χ0n) is 10.6. The Labute approximate surface area is 112 Å². The van der Waals surface area contributed by atoms with Crippen molar-refractivity contribution < 1.29 is 13.2 Å². The Bertz CT molecular complexity index is 577. The highest BCUT2D eigenvalue weighted by Crippen LogP contribution is 2.18. The van der Waals surface area contributed by atoms with Crippen LogP contribution in [0.15, 0.2) is 23.2 Å². The highest BCUT2D eigenvalue weighted by Gasteiger charge is 2.27. The predicted octanol–water partition coefficient (Wildman–Crippen LogP) is 0.610. The first-order chi connectivity index (χ1) is 9.04. The summed E-state index contributed by atoms with van der Waals surface area (Å²) in [6, 6.07) is 4.68. The van der Waals surface area contributed by atoms with Gasteiger partial charge in [-0.05, 0) is 18.1 Å². The molecule has 19 heavy (non-hydrogen) atoms. The summed E-state index contributed by atoms with van der Waals surface area (Å²) in [5.41, 5.74) is 0.200. The van der Waals surface area contributed by atoms with Crippen molar-refractivity contribution in [1.82, 2.24) is 9.29 Å². The minimum Gasteiger partial charge on any atom is -0.380 e. The van der Waals surface area contributed by atoms with Gasteiger partial charge in [-0.25, -0.2) is 13.4 Å². The largest absolute Gasteiger partial charge is 0.380 e. The number of hydrogen-bond acceptors (Lipinski definition) is 5. The molecule has 102 valence electrons. The van der Waals surface area contributed by atoms with Crippen LogP contribution in [0, 0.1) is 17.2 Å². The van der Waals surface area contributed by atoms with Crippen LogP contribution in [0.5, 0.6) is 0 Å². The van der Waals surface area contributed by atoms with E-state index in [-0.39, 0.29) is 16.5 Å². The van der Waals surface area contributed by atoms with Crippen molar-refractivity contribution >= 4 is 10.0 Å². The van der Waals surface area contributed by atoms with E-state index in [1.54, 1.807) is 0 Å². The third-order valence-electron chi connectivity index (χ3n) is 2.89. The molecule has 0 aliphatic carbocycles. The maximum atomic E-state index is 12.4. The summed E-state index contributed by atoms with van der Waals surface area (Å²) in [7, 11) is -3.56. The lowest BCUT2D eigenvalue weighted by atomic mass is 10.2. The average molecular weight is 281 g/mol. The zero-order chi connectivity index (χ0) is 13.9. The van der Waals surface area contributed by atoms with Gasteiger partial charge in [-0.15, -0.1) is 0 Å². The van der Waals surface area contributed by atoms with E-state index >= 15 is 0 Å². The van der Waals surface area contributed by atoms with Gasteiger partial charge in [-0.3, -0.25) is 0 Å². The molecule has 1 aromatic rings. The highest BCUT2D eigenvalue weighted by atomic mass is 32.2. The molecule has 1 atom stereocenters. The predicted molar refractivity (Wildman–Crippen MR) is 67.7 cm³/mol. The Hall–Kier alpha value is -1.49. The molecule has 0 amide bonds. The van der Waals surface area contributed by atoms with Crippen LogP contribution < -0.4 is 0 Å². The lowest BCUT2D eigenvalue weighted by Gasteiger charge is -2.21. The van der Waals surface area contributed by atoms with E-state index in [1.165, 1.54) is 22.6 Å². The monoisotopic (exact) mass is 281 g/mol. The van der Waals surface area contributed by atoms with E-state index in [1.807, 2.05) is 13.0 Å². The minimum absolute atomic E-state index is 0.112. The van der Waals surface area contributed by atoms with Gasteiger partial charge >= 0.3 is 0 Å². The number of sulfonamides is 1. The van der Waals surface area contributed by atoms with Gasteiger partial charge < -0.3 is 4.74 Å². The molecule has 7 heteroatoms. The molecule has 0 bridgehead atoms. The lowest BCUT2D eigenvalue weighted by molar-refractivity contribution is 0.128. The number of hydrogen-bond donors (Lipinski definition) is 0. The first kappa shape index (κ1) is 13.9. The minimum atomic E-state index is -3.56. The van der Waals surface area contributed by atoms with Crippen LogP contribution in [0.2, 0.25) is 0 Å². The average Bonchev–Trinajstić information content (AvgIpc) is 2.64. The fourth-order valence-corrected chi connectivity index (χ4v) is 3.40. The van der Waals surface area contributed by atoms with Crippen molar-refractivity contribution in [1.29, 1.82) is 5.26 Å². The zero-order valence-corrected chi connectivity index (χ0v) is 11.4. The molecule has 0 N–H and O–H groups in total. The van der Waals surface area contributed by atoms with Gasteiger partial charge in [0.25, 0.3) is 0 Å². The van der Waals surface area contributed by atoms with Gasteiger partial charge in [0, 0.05) is 19.3 Å². The smallest absolute Gasteiger partial charge is 0.244 e. The topological polar surface area (TPSA) is 83.3 Å². The van der Waals surface area contributed by atoms with E-state index in [9.17, 15) is 8.42 Å². The van der Waals surface area contributed by atoms with Gasteiger partial charge in [0.05, 0.1) is 13.2 Å². The van der Waals surface area contributed by atoms with Crippen LogP contribution in [-0.2, 0) is 14.8 Å². The fourth-order valence-electron chi connectivity index (χ4n) is 1.91. The van der Waals surface area contributed by atoms with Crippen molar-refractivity contribution in [2.75, 3.05) is 26.3 Å². The number of pyridine rings is 1. The second kappa shape index (κ2) is 5.65. The molecule has 0 saturated carbocycles. The Morgan fingerprint density at radius 3 is 2.95 bits per heavy atom. The third-order valence-corrected chi connectivity index (χ3v) is 4.74. The standard InChI is InChI=1S/C12H15N3O3S/c1-10-8-15(4-5-18-9-10)19(16,17)12-3-2-11(6-13)14-7-12/h2-3,7,10H,4-5,8-9H2,1H3. The first-order valence-electron chi connectivity index (χ1n) is 5.98. The van der Waals surface area contributed by atoms with Crippen LogP contribution in [0.1, 0.15) is 12.6 Å². The summed E-state index contributed by atoms with van der Waals surface area (Å²) in [4.78, 5) is 3.91. The molecule has 0 aromatic carbocycles. The van der Waals surface area contributed by atoms with E-state index in [4.69, 9.17) is 10.00 Å². The van der Waals surface area contributed by atoms with Gasteiger partial charge in [-0.2, -0.15) is 9.57 Å². The second-order valence-corrected chi connectivity index (χ2v) is 6.47. The van der Waals surface area contributed by atoms with Gasteiger partial charge in [0.15, 0.2) is 0 Å². The van der Waals surface area contributed by atoms with E-state index in [0.29, 0.717) is 26.3 Å². The van der Waals surface area contributed by atoms with Crippen molar-refractivity contribution in [2.45, 2.75) is 11.8 Å².